The van der Waals surface area contributed by atoms with Crippen molar-refractivity contribution in [2.24, 2.45) is 0 Å². The molecular formula is C16H21N3OS. The predicted octanol–water partition coefficient (Wildman–Crippen LogP) is 2.65. The van der Waals surface area contributed by atoms with E-state index < -0.39 is 0 Å². The molecule has 2 aromatic rings. The SMILES string of the molecule is CN(C)C1CCN(C(=O)c2sc3ccccc3c2N)CC1. The van der Waals surface area contributed by atoms with Crippen LogP contribution in [0.1, 0.15) is 22.5 Å². The van der Waals surface area contributed by atoms with E-state index >= 15 is 0 Å². The first-order valence-electron chi connectivity index (χ1n) is 7.30. The first-order chi connectivity index (χ1) is 10.1. The van der Waals surface area contributed by atoms with E-state index in [9.17, 15) is 4.79 Å². The minimum atomic E-state index is 0.0888. The van der Waals surface area contributed by atoms with Crippen LogP contribution in [0, 0.1) is 0 Å². The van der Waals surface area contributed by atoms with Crippen molar-refractivity contribution in [3.63, 3.8) is 0 Å². The van der Waals surface area contributed by atoms with Gasteiger partial charge in [-0.25, -0.2) is 0 Å². The third kappa shape index (κ3) is 2.63. The lowest BCUT2D eigenvalue weighted by Crippen LogP contribution is -2.44. The number of benzene rings is 1. The maximum absolute atomic E-state index is 12.7. The summed E-state index contributed by atoms with van der Waals surface area (Å²) in [4.78, 5) is 17.6. The van der Waals surface area contributed by atoms with E-state index in [0.717, 1.165) is 36.0 Å². The molecule has 0 spiro atoms. The van der Waals surface area contributed by atoms with Crippen LogP contribution in [0.25, 0.3) is 10.1 Å². The average molecular weight is 303 g/mol. The van der Waals surface area contributed by atoms with Gasteiger partial charge in [0.25, 0.3) is 5.91 Å². The first-order valence-corrected chi connectivity index (χ1v) is 8.12. The van der Waals surface area contributed by atoms with E-state index in [1.165, 1.54) is 11.3 Å². The summed E-state index contributed by atoms with van der Waals surface area (Å²) in [5, 5.41) is 0.994. The summed E-state index contributed by atoms with van der Waals surface area (Å²) in [5.41, 5.74) is 6.81. The van der Waals surface area contributed by atoms with Gasteiger partial charge in [-0.15, -0.1) is 11.3 Å². The lowest BCUT2D eigenvalue weighted by molar-refractivity contribution is 0.0669. The Morgan fingerprint density at radius 1 is 1.29 bits per heavy atom. The fraction of sp³-hybridized carbons (Fsp3) is 0.438. The Balaban J connectivity index is 1.80. The lowest BCUT2D eigenvalue weighted by Gasteiger charge is -2.35. The van der Waals surface area contributed by atoms with Gasteiger partial charge in [0, 0.05) is 29.2 Å². The van der Waals surface area contributed by atoms with Crippen molar-refractivity contribution in [1.82, 2.24) is 9.80 Å². The molecule has 5 heteroatoms. The van der Waals surface area contributed by atoms with Crippen LogP contribution >= 0.6 is 11.3 Å². The van der Waals surface area contributed by atoms with Crippen LogP contribution < -0.4 is 5.73 Å². The van der Waals surface area contributed by atoms with E-state index in [0.29, 0.717) is 16.6 Å². The second-order valence-electron chi connectivity index (χ2n) is 5.83. The van der Waals surface area contributed by atoms with Gasteiger partial charge in [-0.2, -0.15) is 0 Å². The zero-order valence-corrected chi connectivity index (χ0v) is 13.3. The largest absolute Gasteiger partial charge is 0.397 e. The quantitative estimate of drug-likeness (QED) is 0.928. The van der Waals surface area contributed by atoms with E-state index in [2.05, 4.69) is 19.0 Å². The molecule has 3 rings (SSSR count). The van der Waals surface area contributed by atoms with Crippen LogP contribution in [0.4, 0.5) is 5.69 Å². The standard InChI is InChI=1S/C16H21N3OS/c1-18(2)11-7-9-19(10-8-11)16(20)15-14(17)12-5-3-4-6-13(12)21-15/h3-6,11H,7-10,17H2,1-2H3. The number of piperidine rings is 1. The summed E-state index contributed by atoms with van der Waals surface area (Å²) in [7, 11) is 4.21. The number of fused-ring (bicyclic) bond motifs is 1. The molecule has 0 unspecified atom stereocenters. The molecule has 2 N–H and O–H groups in total. The molecule has 1 aromatic carbocycles. The highest BCUT2D eigenvalue weighted by Crippen LogP contribution is 2.34. The highest BCUT2D eigenvalue weighted by Gasteiger charge is 2.27. The normalized spacial score (nSPS) is 16.8. The molecule has 112 valence electrons. The van der Waals surface area contributed by atoms with E-state index in [4.69, 9.17) is 5.73 Å². The maximum Gasteiger partial charge on any atom is 0.266 e. The Hall–Kier alpha value is -1.59. The van der Waals surface area contributed by atoms with Gasteiger partial charge in [0.1, 0.15) is 4.88 Å². The zero-order chi connectivity index (χ0) is 15.0. The summed E-state index contributed by atoms with van der Waals surface area (Å²) >= 11 is 1.51. The summed E-state index contributed by atoms with van der Waals surface area (Å²) < 4.78 is 1.08. The zero-order valence-electron chi connectivity index (χ0n) is 12.5. The molecular weight excluding hydrogens is 282 g/mol. The maximum atomic E-state index is 12.7. The number of rotatable bonds is 2. The summed E-state index contributed by atoms with van der Waals surface area (Å²) in [6.07, 6.45) is 2.06. The van der Waals surface area contributed by atoms with Gasteiger partial charge in [-0.05, 0) is 33.0 Å². The molecule has 1 saturated heterocycles. The molecule has 0 saturated carbocycles. The Kier molecular flexibility index (Phi) is 3.87. The number of likely N-dealkylation sites (tertiary alicyclic amines) is 1. The minimum Gasteiger partial charge on any atom is -0.397 e. The van der Waals surface area contributed by atoms with Crippen LogP contribution in [0.2, 0.25) is 0 Å². The molecule has 1 amide bonds. The third-order valence-electron chi connectivity index (χ3n) is 4.31. The number of carbonyl (C=O) groups is 1. The van der Waals surface area contributed by atoms with E-state index in [1.54, 1.807) is 0 Å². The molecule has 1 aromatic heterocycles. The fourth-order valence-electron chi connectivity index (χ4n) is 2.95. The monoisotopic (exact) mass is 303 g/mol. The number of hydrogen-bond donors (Lipinski definition) is 1. The average Bonchev–Trinajstić information content (AvgIpc) is 2.84. The van der Waals surface area contributed by atoms with Gasteiger partial charge in [-0.3, -0.25) is 4.79 Å². The second kappa shape index (κ2) is 5.66. The Bertz CT molecular complexity index is 657. The number of amides is 1. The number of nitrogen functional groups attached to an aromatic ring is 1. The highest BCUT2D eigenvalue weighted by atomic mass is 32.1. The fourth-order valence-corrected chi connectivity index (χ4v) is 4.04. The summed E-state index contributed by atoms with van der Waals surface area (Å²) in [6, 6.07) is 8.52. The number of thiophene rings is 1. The Labute approximate surface area is 129 Å². The molecule has 0 atom stereocenters. The van der Waals surface area contributed by atoms with Crippen molar-refractivity contribution in [3.8, 4) is 0 Å². The summed E-state index contributed by atoms with van der Waals surface area (Å²) in [5.74, 6) is 0.0888. The Morgan fingerprint density at radius 2 is 1.95 bits per heavy atom. The summed E-state index contributed by atoms with van der Waals surface area (Å²) in [6.45, 7) is 1.63. The minimum absolute atomic E-state index is 0.0888. The molecule has 21 heavy (non-hydrogen) atoms. The lowest BCUT2D eigenvalue weighted by atomic mass is 10.0. The molecule has 1 aliphatic rings. The second-order valence-corrected chi connectivity index (χ2v) is 6.88. The van der Waals surface area contributed by atoms with Crippen molar-refractivity contribution in [1.29, 1.82) is 0 Å². The van der Waals surface area contributed by atoms with Gasteiger partial charge in [0.15, 0.2) is 0 Å². The molecule has 2 heterocycles. The smallest absolute Gasteiger partial charge is 0.266 e. The molecule has 1 aliphatic heterocycles. The van der Waals surface area contributed by atoms with Gasteiger partial charge >= 0.3 is 0 Å². The van der Waals surface area contributed by atoms with Gasteiger partial charge in [-0.1, -0.05) is 18.2 Å². The number of nitrogens with zero attached hydrogens (tertiary/aromatic N) is 2. The first kappa shape index (κ1) is 14.4. The number of nitrogens with two attached hydrogens (primary N) is 1. The Morgan fingerprint density at radius 3 is 2.57 bits per heavy atom. The number of anilines is 1. The van der Waals surface area contributed by atoms with Crippen molar-refractivity contribution >= 4 is 33.0 Å². The predicted molar refractivity (Wildman–Crippen MR) is 88.8 cm³/mol. The molecule has 1 fully saturated rings. The van der Waals surface area contributed by atoms with Gasteiger partial charge in [0.05, 0.1) is 5.69 Å². The van der Waals surface area contributed by atoms with Crippen LogP contribution in [-0.2, 0) is 0 Å². The van der Waals surface area contributed by atoms with Crippen LogP contribution in [0.3, 0.4) is 0 Å². The van der Waals surface area contributed by atoms with E-state index in [1.807, 2.05) is 29.2 Å². The van der Waals surface area contributed by atoms with Crippen LogP contribution in [0.15, 0.2) is 24.3 Å². The van der Waals surface area contributed by atoms with Crippen molar-refractivity contribution < 1.29 is 4.79 Å². The van der Waals surface area contributed by atoms with E-state index in [-0.39, 0.29) is 5.91 Å². The molecule has 0 aliphatic carbocycles. The van der Waals surface area contributed by atoms with Crippen LogP contribution in [0.5, 0.6) is 0 Å². The third-order valence-corrected chi connectivity index (χ3v) is 5.48. The molecule has 0 bridgehead atoms. The number of hydrogen-bond acceptors (Lipinski definition) is 4. The number of carbonyl (C=O) groups excluding carboxylic acids is 1. The van der Waals surface area contributed by atoms with Crippen molar-refractivity contribution in [3.05, 3.63) is 29.1 Å². The topological polar surface area (TPSA) is 49.6 Å². The van der Waals surface area contributed by atoms with Crippen molar-refractivity contribution in [2.45, 2.75) is 18.9 Å². The molecule has 4 nitrogen and oxygen atoms in total. The molecule has 0 radical (unpaired) electrons. The highest BCUT2D eigenvalue weighted by molar-refractivity contribution is 7.21. The van der Waals surface area contributed by atoms with Crippen LogP contribution in [-0.4, -0.2) is 48.9 Å². The van der Waals surface area contributed by atoms with Gasteiger partial charge in [0.2, 0.25) is 0 Å². The van der Waals surface area contributed by atoms with Gasteiger partial charge < -0.3 is 15.5 Å². The van der Waals surface area contributed by atoms with Crippen molar-refractivity contribution in [2.75, 3.05) is 32.9 Å².